The first kappa shape index (κ1) is 19.7. The van der Waals surface area contributed by atoms with Crippen LogP contribution in [0.15, 0.2) is 24.3 Å². The summed E-state index contributed by atoms with van der Waals surface area (Å²) in [5, 5.41) is 2.80. The zero-order valence-corrected chi connectivity index (χ0v) is 16.4. The van der Waals surface area contributed by atoms with Crippen LogP contribution in [0.1, 0.15) is 44.6 Å². The van der Waals surface area contributed by atoms with Gasteiger partial charge in [0.25, 0.3) is 5.91 Å². The molecule has 1 N–H and O–H groups in total. The summed E-state index contributed by atoms with van der Waals surface area (Å²) < 4.78 is 5.20. The minimum absolute atomic E-state index is 0.0662. The molecular weight excluding hydrogens is 342 g/mol. The van der Waals surface area contributed by atoms with Crippen molar-refractivity contribution in [2.45, 2.75) is 51.5 Å². The molecule has 27 heavy (non-hydrogen) atoms. The van der Waals surface area contributed by atoms with Crippen molar-refractivity contribution >= 4 is 11.9 Å². The largest absolute Gasteiger partial charge is 0.497 e. The van der Waals surface area contributed by atoms with Gasteiger partial charge in [0.15, 0.2) is 0 Å². The summed E-state index contributed by atoms with van der Waals surface area (Å²) in [5.41, 5.74) is 1.35. The Kier molecular flexibility index (Phi) is 6.72. The van der Waals surface area contributed by atoms with Crippen LogP contribution < -0.4 is 10.1 Å². The number of carbonyl (C=O) groups excluding carboxylic acids is 2. The number of rotatable bonds is 8. The molecule has 0 spiro atoms. The molecule has 2 aliphatic heterocycles. The van der Waals surface area contributed by atoms with E-state index in [0.717, 1.165) is 44.5 Å². The second-order valence-electron chi connectivity index (χ2n) is 7.65. The maximum absolute atomic E-state index is 12.4. The first-order valence-corrected chi connectivity index (χ1v) is 10.1. The number of aryl methyl sites for hydroxylation is 1. The van der Waals surface area contributed by atoms with E-state index in [2.05, 4.69) is 22.3 Å². The maximum Gasteiger partial charge on any atom is 0.325 e. The van der Waals surface area contributed by atoms with Crippen LogP contribution in [0, 0.1) is 5.92 Å². The molecule has 2 fully saturated rings. The summed E-state index contributed by atoms with van der Waals surface area (Å²) >= 11 is 0. The highest BCUT2D eigenvalue weighted by Crippen LogP contribution is 2.24. The van der Waals surface area contributed by atoms with Crippen LogP contribution in [0.4, 0.5) is 4.79 Å². The lowest BCUT2D eigenvalue weighted by atomic mass is 9.90. The number of imide groups is 1. The van der Waals surface area contributed by atoms with Gasteiger partial charge >= 0.3 is 6.03 Å². The number of nitrogens with zero attached hydrogens (tertiary/aromatic N) is 2. The lowest BCUT2D eigenvalue weighted by molar-refractivity contribution is -0.129. The first-order chi connectivity index (χ1) is 13.1. The smallest absolute Gasteiger partial charge is 0.325 e. The number of carbonyl (C=O) groups is 2. The molecule has 0 radical (unpaired) electrons. The van der Waals surface area contributed by atoms with Gasteiger partial charge in [-0.25, -0.2) is 9.69 Å². The fourth-order valence-electron chi connectivity index (χ4n) is 3.97. The van der Waals surface area contributed by atoms with E-state index in [0.29, 0.717) is 19.0 Å². The summed E-state index contributed by atoms with van der Waals surface area (Å²) in [6.45, 7) is 4.35. The average Bonchev–Trinajstić information content (AvgIpc) is 2.95. The van der Waals surface area contributed by atoms with Gasteiger partial charge in [-0.1, -0.05) is 25.5 Å². The van der Waals surface area contributed by atoms with Crippen molar-refractivity contribution in [2.75, 3.05) is 26.9 Å². The molecule has 6 heteroatoms. The van der Waals surface area contributed by atoms with E-state index in [9.17, 15) is 9.59 Å². The molecule has 2 heterocycles. The molecule has 3 amide bonds. The number of piperidine rings is 1. The van der Waals surface area contributed by atoms with Crippen molar-refractivity contribution in [3.8, 4) is 5.75 Å². The van der Waals surface area contributed by atoms with Crippen molar-refractivity contribution in [3.63, 3.8) is 0 Å². The Balaban J connectivity index is 1.41. The summed E-state index contributed by atoms with van der Waals surface area (Å²) in [7, 11) is 1.69. The van der Waals surface area contributed by atoms with Gasteiger partial charge in [0.2, 0.25) is 0 Å². The lowest BCUT2D eigenvalue weighted by Crippen LogP contribution is -2.45. The van der Waals surface area contributed by atoms with Crippen molar-refractivity contribution in [2.24, 2.45) is 5.92 Å². The highest BCUT2D eigenvalue weighted by atomic mass is 16.5. The number of urea groups is 1. The van der Waals surface area contributed by atoms with Crippen molar-refractivity contribution in [3.05, 3.63) is 29.8 Å². The first-order valence-electron chi connectivity index (χ1n) is 10.1. The van der Waals surface area contributed by atoms with E-state index in [4.69, 9.17) is 4.74 Å². The Morgan fingerprint density at radius 3 is 2.44 bits per heavy atom. The predicted molar refractivity (Wildman–Crippen MR) is 105 cm³/mol. The molecule has 3 rings (SSSR count). The van der Waals surface area contributed by atoms with Crippen LogP contribution >= 0.6 is 0 Å². The third-order valence-electron chi connectivity index (χ3n) is 5.73. The fourth-order valence-corrected chi connectivity index (χ4v) is 3.97. The molecule has 0 unspecified atom stereocenters. The van der Waals surface area contributed by atoms with E-state index >= 15 is 0 Å². The van der Waals surface area contributed by atoms with Gasteiger partial charge in [-0.15, -0.1) is 0 Å². The molecule has 2 aliphatic rings. The van der Waals surface area contributed by atoms with Crippen LogP contribution in [-0.4, -0.2) is 54.6 Å². The molecule has 1 aromatic carbocycles. The summed E-state index contributed by atoms with van der Waals surface area (Å²) in [6.07, 6.45) is 6.12. The molecule has 0 saturated carbocycles. The minimum atomic E-state index is -0.329. The van der Waals surface area contributed by atoms with Gasteiger partial charge in [0.1, 0.15) is 11.8 Å². The highest BCUT2D eigenvalue weighted by Gasteiger charge is 2.38. The zero-order chi connectivity index (χ0) is 19.2. The SMILES string of the molecule is CCC[C@H]1NC(=O)N(CN2CCC(CCc3ccc(OC)cc3)CC2)C1=O. The fraction of sp³-hybridized carbons (Fsp3) is 0.619. The second kappa shape index (κ2) is 9.22. The molecule has 2 saturated heterocycles. The Morgan fingerprint density at radius 1 is 1.11 bits per heavy atom. The van der Waals surface area contributed by atoms with Gasteiger partial charge in [-0.3, -0.25) is 9.69 Å². The topological polar surface area (TPSA) is 61.9 Å². The Bertz CT molecular complexity index is 639. The zero-order valence-electron chi connectivity index (χ0n) is 16.4. The van der Waals surface area contributed by atoms with Gasteiger partial charge in [0.05, 0.1) is 13.8 Å². The number of methoxy groups -OCH3 is 1. The van der Waals surface area contributed by atoms with Crippen LogP contribution in [0.3, 0.4) is 0 Å². The Morgan fingerprint density at radius 2 is 1.81 bits per heavy atom. The van der Waals surface area contributed by atoms with E-state index in [1.807, 2.05) is 19.1 Å². The van der Waals surface area contributed by atoms with Crippen molar-refractivity contribution in [1.82, 2.24) is 15.1 Å². The lowest BCUT2D eigenvalue weighted by Gasteiger charge is -2.33. The molecule has 6 nitrogen and oxygen atoms in total. The Hall–Kier alpha value is -2.08. The molecule has 0 bridgehead atoms. The van der Waals surface area contributed by atoms with Crippen molar-refractivity contribution in [1.29, 1.82) is 0 Å². The number of hydrogen-bond donors (Lipinski definition) is 1. The molecule has 148 valence electrons. The molecule has 0 aliphatic carbocycles. The normalized spacial score (nSPS) is 21.6. The summed E-state index contributed by atoms with van der Waals surface area (Å²) in [5.74, 6) is 1.54. The second-order valence-corrected chi connectivity index (χ2v) is 7.65. The maximum atomic E-state index is 12.4. The predicted octanol–water partition coefficient (Wildman–Crippen LogP) is 3.02. The third kappa shape index (κ3) is 5.01. The van der Waals surface area contributed by atoms with Gasteiger partial charge in [0, 0.05) is 13.1 Å². The third-order valence-corrected chi connectivity index (χ3v) is 5.73. The minimum Gasteiger partial charge on any atom is -0.497 e. The summed E-state index contributed by atoms with van der Waals surface area (Å²) in [4.78, 5) is 28.0. The number of ether oxygens (including phenoxy) is 1. The van der Waals surface area contributed by atoms with E-state index in [1.54, 1.807) is 7.11 Å². The van der Waals surface area contributed by atoms with E-state index in [-0.39, 0.29) is 18.0 Å². The van der Waals surface area contributed by atoms with E-state index in [1.165, 1.54) is 16.9 Å². The molecule has 1 atom stereocenters. The quantitative estimate of drug-likeness (QED) is 0.712. The van der Waals surface area contributed by atoms with Gasteiger partial charge < -0.3 is 10.1 Å². The number of likely N-dealkylation sites (tertiary alicyclic amines) is 1. The number of benzene rings is 1. The van der Waals surface area contributed by atoms with Crippen LogP contribution in [0.2, 0.25) is 0 Å². The number of amides is 3. The standard InChI is InChI=1S/C21H31N3O3/c1-3-4-19-20(25)24(21(26)22-19)15-23-13-11-17(12-14-23)6-5-16-7-9-18(27-2)10-8-16/h7-10,17,19H,3-6,11-15H2,1-2H3,(H,22,26)/t19-/m1/s1. The van der Waals surface area contributed by atoms with Crippen LogP contribution in [0.25, 0.3) is 0 Å². The van der Waals surface area contributed by atoms with Crippen LogP contribution in [0.5, 0.6) is 5.75 Å². The molecule has 1 aromatic rings. The number of hydrogen-bond acceptors (Lipinski definition) is 4. The highest BCUT2D eigenvalue weighted by molar-refractivity contribution is 6.04. The van der Waals surface area contributed by atoms with Gasteiger partial charge in [-0.05, 0) is 55.7 Å². The Labute approximate surface area is 161 Å². The monoisotopic (exact) mass is 373 g/mol. The summed E-state index contributed by atoms with van der Waals surface area (Å²) in [6, 6.07) is 7.74. The van der Waals surface area contributed by atoms with Gasteiger partial charge in [-0.2, -0.15) is 0 Å². The van der Waals surface area contributed by atoms with Crippen LogP contribution in [-0.2, 0) is 11.2 Å². The molecular formula is C21H31N3O3. The van der Waals surface area contributed by atoms with Crippen molar-refractivity contribution < 1.29 is 14.3 Å². The number of nitrogens with one attached hydrogen (secondary N) is 1. The van der Waals surface area contributed by atoms with E-state index < -0.39 is 0 Å². The average molecular weight is 373 g/mol. The molecule has 0 aromatic heterocycles.